The molecule has 1 aliphatic heterocycles. The highest BCUT2D eigenvalue weighted by Gasteiger charge is 2.20. The summed E-state index contributed by atoms with van der Waals surface area (Å²) in [6.07, 6.45) is 3.98. The van der Waals surface area contributed by atoms with Gasteiger partial charge in [-0.05, 0) is 17.6 Å². The van der Waals surface area contributed by atoms with Crippen LogP contribution in [0.15, 0.2) is 36.6 Å². The Morgan fingerprint density at radius 3 is 2.67 bits per heavy atom. The number of nitrogens with one attached hydrogen (secondary N) is 1. The molecule has 0 radical (unpaired) electrons. The van der Waals surface area contributed by atoms with Crippen molar-refractivity contribution in [3.8, 4) is 0 Å². The van der Waals surface area contributed by atoms with Gasteiger partial charge in [-0.1, -0.05) is 26.2 Å². The third-order valence-electron chi connectivity index (χ3n) is 2.03. The topological polar surface area (TPSA) is 29.1 Å². The van der Waals surface area contributed by atoms with E-state index >= 15 is 0 Å². The number of hydrogen-bond donors (Lipinski definition) is 1. The van der Waals surface area contributed by atoms with Gasteiger partial charge in [0.15, 0.2) is 0 Å². The van der Waals surface area contributed by atoms with Gasteiger partial charge in [0.2, 0.25) is 5.91 Å². The van der Waals surface area contributed by atoms with Crippen LogP contribution in [0.25, 0.3) is 0 Å². The van der Waals surface area contributed by atoms with Crippen LogP contribution >= 0.6 is 0 Å². The smallest absolute Gasteiger partial charge is 0.224 e. The van der Waals surface area contributed by atoms with Gasteiger partial charge in [-0.25, -0.2) is 0 Å². The van der Waals surface area contributed by atoms with Crippen molar-refractivity contribution < 1.29 is 4.79 Å². The Bertz CT molecular complexity index is 263. The van der Waals surface area contributed by atoms with Gasteiger partial charge >= 0.3 is 0 Å². The molecule has 1 unspecified atom stereocenters. The van der Waals surface area contributed by atoms with E-state index in [1.165, 1.54) is 0 Å². The molecule has 0 fully saturated rings. The molecular weight excluding hydrogens is 150 g/mol. The summed E-state index contributed by atoms with van der Waals surface area (Å²) in [6.45, 7) is 9.35. The second-order valence-electron chi connectivity index (χ2n) is 2.93. The van der Waals surface area contributed by atoms with Crippen molar-refractivity contribution in [2.45, 2.75) is 13.3 Å². The van der Waals surface area contributed by atoms with Gasteiger partial charge in [0.1, 0.15) is 0 Å². The quantitative estimate of drug-likeness (QED) is 0.660. The van der Waals surface area contributed by atoms with Crippen LogP contribution in [-0.4, -0.2) is 5.91 Å². The Labute approximate surface area is 72.7 Å². The Hall–Kier alpha value is -1.31. The van der Waals surface area contributed by atoms with E-state index in [1.807, 2.05) is 6.92 Å². The van der Waals surface area contributed by atoms with Crippen LogP contribution in [0.3, 0.4) is 0 Å². The summed E-state index contributed by atoms with van der Waals surface area (Å²) in [5.41, 5.74) is 1.87. The normalized spacial score (nSPS) is 23.4. The minimum atomic E-state index is 0.0583. The molecule has 2 heteroatoms. The second kappa shape index (κ2) is 3.39. The Kier molecular flexibility index (Phi) is 2.48. The molecule has 12 heavy (non-hydrogen) atoms. The van der Waals surface area contributed by atoms with Crippen LogP contribution in [0.2, 0.25) is 0 Å². The van der Waals surface area contributed by atoms with E-state index in [0.29, 0.717) is 6.42 Å². The van der Waals surface area contributed by atoms with E-state index < -0.39 is 0 Å². The molecule has 0 aromatic carbocycles. The first-order valence-corrected chi connectivity index (χ1v) is 3.98. The molecule has 0 aromatic rings. The minimum absolute atomic E-state index is 0.0583. The summed E-state index contributed by atoms with van der Waals surface area (Å²) in [5.74, 6) is 0.312. The molecule has 1 N–H and O–H groups in total. The van der Waals surface area contributed by atoms with Gasteiger partial charge in [0, 0.05) is 12.1 Å². The van der Waals surface area contributed by atoms with Crippen molar-refractivity contribution in [1.82, 2.24) is 5.32 Å². The fourth-order valence-corrected chi connectivity index (χ4v) is 1.41. The first kappa shape index (κ1) is 8.78. The number of carbonyl (C=O) groups is 1. The van der Waals surface area contributed by atoms with E-state index in [-0.39, 0.29) is 11.8 Å². The van der Waals surface area contributed by atoms with Crippen molar-refractivity contribution in [1.29, 1.82) is 0 Å². The molecule has 0 aromatic heterocycles. The standard InChI is InChI=1S/C10H13NO/c1-4-8-7(3)6-10(12)11-9(8)5-2/h4-5,7H,1-2,6H2,3H3,(H,11,12). The van der Waals surface area contributed by atoms with E-state index in [1.54, 1.807) is 12.2 Å². The number of rotatable bonds is 2. The van der Waals surface area contributed by atoms with Crippen molar-refractivity contribution >= 4 is 5.91 Å². The summed E-state index contributed by atoms with van der Waals surface area (Å²) in [5, 5.41) is 2.75. The second-order valence-corrected chi connectivity index (χ2v) is 2.93. The predicted molar refractivity (Wildman–Crippen MR) is 49.3 cm³/mol. The Morgan fingerprint density at radius 1 is 1.50 bits per heavy atom. The van der Waals surface area contributed by atoms with Crippen molar-refractivity contribution in [2.75, 3.05) is 0 Å². The minimum Gasteiger partial charge on any atom is -0.326 e. The number of allylic oxidation sites excluding steroid dienone is 3. The molecule has 1 amide bonds. The molecule has 1 aliphatic rings. The lowest BCUT2D eigenvalue weighted by Gasteiger charge is -2.22. The fraction of sp³-hybridized carbons (Fsp3) is 0.300. The molecule has 0 saturated carbocycles. The molecule has 1 atom stereocenters. The first-order chi connectivity index (χ1) is 5.69. The largest absolute Gasteiger partial charge is 0.326 e. The van der Waals surface area contributed by atoms with Gasteiger partial charge in [0.05, 0.1) is 0 Å². The van der Waals surface area contributed by atoms with Gasteiger partial charge in [-0.15, -0.1) is 0 Å². The maximum atomic E-state index is 11.1. The molecule has 64 valence electrons. The molecule has 2 nitrogen and oxygen atoms in total. The zero-order chi connectivity index (χ0) is 9.14. The molecule has 1 heterocycles. The molecule has 0 spiro atoms. The van der Waals surface area contributed by atoms with Crippen molar-refractivity contribution in [3.63, 3.8) is 0 Å². The first-order valence-electron chi connectivity index (χ1n) is 3.98. The van der Waals surface area contributed by atoms with Gasteiger partial charge in [0.25, 0.3) is 0 Å². The summed E-state index contributed by atoms with van der Waals surface area (Å²) in [6, 6.07) is 0. The fourth-order valence-electron chi connectivity index (χ4n) is 1.41. The van der Waals surface area contributed by atoms with E-state index in [9.17, 15) is 4.79 Å². The zero-order valence-electron chi connectivity index (χ0n) is 7.26. The summed E-state index contributed by atoms with van der Waals surface area (Å²) < 4.78 is 0. The highest BCUT2D eigenvalue weighted by atomic mass is 16.1. The predicted octanol–water partition coefficient (Wildman–Crippen LogP) is 1.77. The lowest BCUT2D eigenvalue weighted by molar-refractivity contribution is -0.121. The monoisotopic (exact) mass is 163 g/mol. The molecule has 0 saturated heterocycles. The highest BCUT2D eigenvalue weighted by molar-refractivity contribution is 5.81. The lowest BCUT2D eigenvalue weighted by atomic mass is 9.92. The average Bonchev–Trinajstić information content (AvgIpc) is 2.03. The lowest BCUT2D eigenvalue weighted by Crippen LogP contribution is -2.30. The maximum Gasteiger partial charge on any atom is 0.224 e. The van der Waals surface area contributed by atoms with Gasteiger partial charge in [-0.3, -0.25) is 4.79 Å². The number of carbonyl (C=O) groups excluding carboxylic acids is 1. The van der Waals surface area contributed by atoms with Crippen LogP contribution in [0, 0.1) is 5.92 Å². The average molecular weight is 163 g/mol. The van der Waals surface area contributed by atoms with E-state index in [4.69, 9.17) is 0 Å². The third-order valence-corrected chi connectivity index (χ3v) is 2.03. The van der Waals surface area contributed by atoms with E-state index in [2.05, 4.69) is 18.5 Å². The molecule has 0 bridgehead atoms. The van der Waals surface area contributed by atoms with E-state index in [0.717, 1.165) is 11.3 Å². The zero-order valence-corrected chi connectivity index (χ0v) is 7.26. The summed E-state index contributed by atoms with van der Waals surface area (Å²) in [4.78, 5) is 11.1. The SMILES string of the molecule is C=CC1=C(C=C)C(C)CC(=O)N1. The molecule has 1 rings (SSSR count). The number of hydrogen-bond acceptors (Lipinski definition) is 1. The van der Waals surface area contributed by atoms with Crippen molar-refractivity contribution in [2.24, 2.45) is 5.92 Å². The van der Waals surface area contributed by atoms with Crippen LogP contribution < -0.4 is 5.32 Å². The summed E-state index contributed by atoms with van der Waals surface area (Å²) in [7, 11) is 0. The number of amides is 1. The van der Waals surface area contributed by atoms with Gasteiger partial charge < -0.3 is 5.32 Å². The van der Waals surface area contributed by atoms with Crippen LogP contribution in [-0.2, 0) is 4.79 Å². The van der Waals surface area contributed by atoms with Crippen LogP contribution in [0.1, 0.15) is 13.3 Å². The molecular formula is C10H13NO. The Balaban J connectivity index is 3.05. The third kappa shape index (κ3) is 1.47. The summed E-state index contributed by atoms with van der Waals surface area (Å²) >= 11 is 0. The van der Waals surface area contributed by atoms with Crippen LogP contribution in [0.5, 0.6) is 0 Å². The highest BCUT2D eigenvalue weighted by Crippen LogP contribution is 2.23. The van der Waals surface area contributed by atoms with Gasteiger partial charge in [-0.2, -0.15) is 0 Å². The Morgan fingerprint density at radius 2 is 2.17 bits per heavy atom. The van der Waals surface area contributed by atoms with Crippen molar-refractivity contribution in [3.05, 3.63) is 36.6 Å². The maximum absolute atomic E-state index is 11.1. The molecule has 0 aliphatic carbocycles. The van der Waals surface area contributed by atoms with Crippen LogP contribution in [0.4, 0.5) is 0 Å².